The fourth-order valence-electron chi connectivity index (χ4n) is 3.09. The molecule has 2 nitrogen and oxygen atoms in total. The lowest BCUT2D eigenvalue weighted by molar-refractivity contribution is 0.200. The average Bonchev–Trinajstić information content (AvgIpc) is 2.91. The van der Waals surface area contributed by atoms with Gasteiger partial charge in [0.15, 0.2) is 0 Å². The predicted octanol–water partition coefficient (Wildman–Crippen LogP) is 2.62. The SMILES string of the molecule is CC(C)CN(CC(N)C1CCCC1)C1CC1. The van der Waals surface area contributed by atoms with Crippen molar-refractivity contribution >= 4 is 0 Å². The summed E-state index contributed by atoms with van der Waals surface area (Å²) >= 11 is 0. The standard InChI is InChI=1S/C14H28N2/c1-11(2)9-16(13-7-8-13)10-14(15)12-5-3-4-6-12/h11-14H,3-10,15H2,1-2H3. The molecule has 1 atom stereocenters. The molecule has 0 bridgehead atoms. The summed E-state index contributed by atoms with van der Waals surface area (Å²) < 4.78 is 0. The first kappa shape index (κ1) is 12.4. The van der Waals surface area contributed by atoms with E-state index in [2.05, 4.69) is 18.7 Å². The van der Waals surface area contributed by atoms with Gasteiger partial charge in [-0.25, -0.2) is 0 Å². The van der Waals surface area contributed by atoms with Crippen LogP contribution in [-0.4, -0.2) is 30.1 Å². The normalized spacial score (nSPS) is 24.6. The summed E-state index contributed by atoms with van der Waals surface area (Å²) in [6, 6.07) is 1.30. The quantitative estimate of drug-likeness (QED) is 0.751. The Labute approximate surface area is 101 Å². The van der Waals surface area contributed by atoms with Crippen molar-refractivity contribution < 1.29 is 0 Å². The minimum atomic E-state index is 0.432. The van der Waals surface area contributed by atoms with E-state index in [0.717, 1.165) is 24.4 Å². The smallest absolute Gasteiger partial charge is 0.0196 e. The molecule has 2 heteroatoms. The van der Waals surface area contributed by atoms with Gasteiger partial charge in [-0.3, -0.25) is 4.90 Å². The maximum atomic E-state index is 6.38. The second kappa shape index (κ2) is 5.50. The molecule has 2 aliphatic carbocycles. The lowest BCUT2D eigenvalue weighted by atomic mass is 9.98. The van der Waals surface area contributed by atoms with Gasteiger partial charge in [-0.1, -0.05) is 26.7 Å². The van der Waals surface area contributed by atoms with Crippen molar-refractivity contribution in [1.29, 1.82) is 0 Å². The highest BCUT2D eigenvalue weighted by atomic mass is 15.2. The van der Waals surface area contributed by atoms with E-state index >= 15 is 0 Å². The highest BCUT2D eigenvalue weighted by Gasteiger charge is 2.32. The van der Waals surface area contributed by atoms with E-state index in [9.17, 15) is 0 Å². The molecular weight excluding hydrogens is 196 g/mol. The summed E-state index contributed by atoms with van der Waals surface area (Å²) in [5.41, 5.74) is 6.38. The zero-order valence-electron chi connectivity index (χ0n) is 11.0. The molecule has 0 heterocycles. The Morgan fingerprint density at radius 1 is 1.06 bits per heavy atom. The van der Waals surface area contributed by atoms with Crippen molar-refractivity contribution in [3.05, 3.63) is 0 Å². The first-order valence-corrected chi connectivity index (χ1v) is 7.16. The summed E-state index contributed by atoms with van der Waals surface area (Å²) in [4.78, 5) is 2.66. The fraction of sp³-hybridized carbons (Fsp3) is 1.00. The Hall–Kier alpha value is -0.0800. The van der Waals surface area contributed by atoms with Crippen molar-refractivity contribution in [2.45, 2.75) is 64.5 Å². The zero-order chi connectivity index (χ0) is 11.5. The minimum Gasteiger partial charge on any atom is -0.326 e. The van der Waals surface area contributed by atoms with E-state index in [-0.39, 0.29) is 0 Å². The van der Waals surface area contributed by atoms with E-state index in [1.807, 2.05) is 0 Å². The van der Waals surface area contributed by atoms with Crippen molar-refractivity contribution in [3.63, 3.8) is 0 Å². The third-order valence-electron chi connectivity index (χ3n) is 4.11. The van der Waals surface area contributed by atoms with Gasteiger partial charge in [-0.2, -0.15) is 0 Å². The van der Waals surface area contributed by atoms with E-state index < -0.39 is 0 Å². The van der Waals surface area contributed by atoms with Crippen molar-refractivity contribution in [1.82, 2.24) is 4.90 Å². The maximum Gasteiger partial charge on any atom is 0.0196 e. The van der Waals surface area contributed by atoms with Gasteiger partial charge in [0.25, 0.3) is 0 Å². The molecule has 0 saturated heterocycles. The topological polar surface area (TPSA) is 29.3 Å². The fourth-order valence-corrected chi connectivity index (χ4v) is 3.09. The highest BCUT2D eigenvalue weighted by Crippen LogP contribution is 2.31. The maximum absolute atomic E-state index is 6.38. The number of rotatable bonds is 6. The molecule has 0 spiro atoms. The van der Waals surface area contributed by atoms with E-state index in [0.29, 0.717) is 6.04 Å². The molecule has 1 unspecified atom stereocenters. The molecule has 16 heavy (non-hydrogen) atoms. The Morgan fingerprint density at radius 2 is 1.69 bits per heavy atom. The first-order valence-electron chi connectivity index (χ1n) is 7.16. The van der Waals surface area contributed by atoms with Crippen LogP contribution in [0.2, 0.25) is 0 Å². The van der Waals surface area contributed by atoms with Crippen LogP contribution >= 0.6 is 0 Å². The van der Waals surface area contributed by atoms with E-state index in [1.165, 1.54) is 45.1 Å². The summed E-state index contributed by atoms with van der Waals surface area (Å²) in [7, 11) is 0. The lowest BCUT2D eigenvalue weighted by Gasteiger charge is -2.29. The molecule has 0 amide bonds. The average molecular weight is 224 g/mol. The Bertz CT molecular complexity index is 205. The summed E-state index contributed by atoms with van der Waals surface area (Å²) in [5.74, 6) is 1.59. The summed E-state index contributed by atoms with van der Waals surface area (Å²) in [5, 5.41) is 0. The second-order valence-electron chi connectivity index (χ2n) is 6.29. The third kappa shape index (κ3) is 3.46. The van der Waals surface area contributed by atoms with Crippen LogP contribution in [0.15, 0.2) is 0 Å². The Morgan fingerprint density at radius 3 is 2.19 bits per heavy atom. The van der Waals surface area contributed by atoms with Gasteiger partial charge in [0.2, 0.25) is 0 Å². The Balaban J connectivity index is 1.79. The highest BCUT2D eigenvalue weighted by molar-refractivity contribution is 4.89. The molecule has 2 N–H and O–H groups in total. The van der Waals surface area contributed by atoms with Crippen LogP contribution in [0.3, 0.4) is 0 Å². The Kier molecular flexibility index (Phi) is 4.26. The first-order chi connectivity index (χ1) is 7.66. The molecule has 0 aromatic heterocycles. The summed E-state index contributed by atoms with van der Waals surface area (Å²) in [6.45, 7) is 7.02. The van der Waals surface area contributed by atoms with Crippen molar-refractivity contribution in [2.75, 3.05) is 13.1 Å². The second-order valence-corrected chi connectivity index (χ2v) is 6.29. The van der Waals surface area contributed by atoms with Gasteiger partial charge < -0.3 is 5.73 Å². The zero-order valence-corrected chi connectivity index (χ0v) is 11.0. The van der Waals surface area contributed by atoms with Gasteiger partial charge >= 0.3 is 0 Å². The van der Waals surface area contributed by atoms with Crippen LogP contribution in [0.25, 0.3) is 0 Å². The molecule has 2 aliphatic rings. The lowest BCUT2D eigenvalue weighted by Crippen LogP contribution is -2.43. The van der Waals surface area contributed by atoms with Crippen molar-refractivity contribution in [2.24, 2.45) is 17.6 Å². The van der Waals surface area contributed by atoms with E-state index in [4.69, 9.17) is 5.73 Å². The molecule has 2 fully saturated rings. The van der Waals surface area contributed by atoms with Crippen molar-refractivity contribution in [3.8, 4) is 0 Å². The monoisotopic (exact) mass is 224 g/mol. The number of nitrogens with zero attached hydrogens (tertiary/aromatic N) is 1. The molecule has 2 saturated carbocycles. The molecule has 2 rings (SSSR count). The van der Waals surface area contributed by atoms with Gasteiger partial charge in [-0.15, -0.1) is 0 Å². The predicted molar refractivity (Wildman–Crippen MR) is 69.4 cm³/mol. The molecule has 0 aromatic carbocycles. The third-order valence-corrected chi connectivity index (χ3v) is 4.11. The van der Waals surface area contributed by atoms with Crippen LogP contribution < -0.4 is 5.73 Å². The molecule has 0 radical (unpaired) electrons. The van der Waals surface area contributed by atoms with Gasteiger partial charge in [0, 0.05) is 25.2 Å². The van der Waals surface area contributed by atoms with Crippen LogP contribution in [0.4, 0.5) is 0 Å². The number of hydrogen-bond acceptors (Lipinski definition) is 2. The molecular formula is C14H28N2. The largest absolute Gasteiger partial charge is 0.326 e. The molecule has 0 aromatic rings. The van der Waals surface area contributed by atoms with Gasteiger partial charge in [-0.05, 0) is 37.5 Å². The van der Waals surface area contributed by atoms with Gasteiger partial charge in [0.05, 0.1) is 0 Å². The van der Waals surface area contributed by atoms with Crippen LogP contribution in [0.5, 0.6) is 0 Å². The molecule has 94 valence electrons. The number of hydrogen-bond donors (Lipinski definition) is 1. The van der Waals surface area contributed by atoms with Crippen LogP contribution in [0.1, 0.15) is 52.4 Å². The van der Waals surface area contributed by atoms with E-state index in [1.54, 1.807) is 0 Å². The number of nitrogens with two attached hydrogens (primary N) is 1. The van der Waals surface area contributed by atoms with Gasteiger partial charge in [0.1, 0.15) is 0 Å². The van der Waals surface area contributed by atoms with Crippen LogP contribution in [0, 0.1) is 11.8 Å². The van der Waals surface area contributed by atoms with Crippen LogP contribution in [-0.2, 0) is 0 Å². The molecule has 0 aliphatic heterocycles. The summed E-state index contributed by atoms with van der Waals surface area (Å²) in [6.07, 6.45) is 8.38. The minimum absolute atomic E-state index is 0.432.